The van der Waals surface area contributed by atoms with Crippen molar-refractivity contribution in [2.24, 2.45) is 0 Å². The first kappa shape index (κ1) is 11.5. The van der Waals surface area contributed by atoms with E-state index in [1.165, 1.54) is 12.4 Å². The first-order valence-electron chi connectivity index (χ1n) is 5.53. The third kappa shape index (κ3) is 2.56. The first-order valence-corrected chi connectivity index (χ1v) is 5.53. The smallest absolute Gasteiger partial charge is 0.168 e. The summed E-state index contributed by atoms with van der Waals surface area (Å²) in [5, 5.41) is 7.39. The number of nitrogens with zero attached hydrogens (tertiary/aromatic N) is 2. The highest BCUT2D eigenvalue weighted by Crippen LogP contribution is 2.15. The number of ketones is 1. The molecule has 0 radical (unpaired) electrons. The Labute approximate surface area is 101 Å². The molecule has 0 saturated carbocycles. The molecule has 3 heteroatoms. The van der Waals surface area contributed by atoms with E-state index in [0.717, 1.165) is 16.7 Å². The van der Waals surface area contributed by atoms with Crippen LogP contribution in [-0.2, 0) is 6.42 Å². The van der Waals surface area contributed by atoms with Crippen molar-refractivity contribution in [2.45, 2.75) is 20.3 Å². The van der Waals surface area contributed by atoms with Crippen molar-refractivity contribution in [3.8, 4) is 0 Å². The molecule has 0 aliphatic heterocycles. The lowest BCUT2D eigenvalue weighted by Crippen LogP contribution is -2.07. The molecule has 2 rings (SSSR count). The molecule has 0 aliphatic rings. The average Bonchev–Trinajstić information content (AvgIpc) is 2.35. The lowest BCUT2D eigenvalue weighted by atomic mass is 9.96. The van der Waals surface area contributed by atoms with E-state index in [2.05, 4.69) is 10.2 Å². The van der Waals surface area contributed by atoms with Crippen molar-refractivity contribution in [3.63, 3.8) is 0 Å². The van der Waals surface area contributed by atoms with Gasteiger partial charge in [-0.1, -0.05) is 18.2 Å². The number of hydrogen-bond acceptors (Lipinski definition) is 3. The second-order valence-corrected chi connectivity index (χ2v) is 4.10. The molecular formula is C14H14N2O. The number of aromatic nitrogens is 2. The average molecular weight is 226 g/mol. The Kier molecular flexibility index (Phi) is 3.28. The normalized spacial score (nSPS) is 10.2. The zero-order valence-electron chi connectivity index (χ0n) is 9.97. The van der Waals surface area contributed by atoms with Crippen LogP contribution < -0.4 is 0 Å². The van der Waals surface area contributed by atoms with Crippen molar-refractivity contribution in [1.29, 1.82) is 0 Å². The van der Waals surface area contributed by atoms with Crippen molar-refractivity contribution in [1.82, 2.24) is 10.2 Å². The Hall–Kier alpha value is -2.03. The third-order valence-corrected chi connectivity index (χ3v) is 2.89. The highest BCUT2D eigenvalue weighted by molar-refractivity contribution is 5.97. The molecule has 1 aromatic heterocycles. The van der Waals surface area contributed by atoms with Crippen molar-refractivity contribution < 1.29 is 4.79 Å². The molecule has 0 N–H and O–H groups in total. The number of hydrogen-bond donors (Lipinski definition) is 0. The van der Waals surface area contributed by atoms with Gasteiger partial charge in [-0.2, -0.15) is 10.2 Å². The van der Waals surface area contributed by atoms with Gasteiger partial charge in [-0.05, 0) is 36.6 Å². The van der Waals surface area contributed by atoms with E-state index in [1.807, 2.05) is 32.0 Å². The molecule has 17 heavy (non-hydrogen) atoms. The fourth-order valence-electron chi connectivity index (χ4n) is 1.85. The predicted molar refractivity (Wildman–Crippen MR) is 66.0 cm³/mol. The van der Waals surface area contributed by atoms with Gasteiger partial charge in [-0.15, -0.1) is 0 Å². The number of aryl methyl sites for hydroxylation is 2. The minimum Gasteiger partial charge on any atom is -0.294 e. The summed E-state index contributed by atoms with van der Waals surface area (Å²) in [5.41, 5.74) is 4.03. The van der Waals surface area contributed by atoms with Gasteiger partial charge in [-0.25, -0.2) is 0 Å². The maximum atomic E-state index is 12.1. The van der Waals surface area contributed by atoms with E-state index in [-0.39, 0.29) is 5.78 Å². The van der Waals surface area contributed by atoms with Gasteiger partial charge < -0.3 is 0 Å². The van der Waals surface area contributed by atoms with Crippen LogP contribution >= 0.6 is 0 Å². The van der Waals surface area contributed by atoms with Crippen LogP contribution in [0.1, 0.15) is 27.0 Å². The van der Waals surface area contributed by atoms with E-state index in [9.17, 15) is 4.79 Å². The molecule has 0 aliphatic carbocycles. The molecule has 1 aromatic carbocycles. The molecule has 2 aromatic rings. The Morgan fingerprint density at radius 2 is 1.82 bits per heavy atom. The Balaban J connectivity index is 2.25. The van der Waals surface area contributed by atoms with Crippen molar-refractivity contribution >= 4 is 5.78 Å². The quantitative estimate of drug-likeness (QED) is 0.755. The molecule has 0 saturated heterocycles. The maximum absolute atomic E-state index is 12.1. The lowest BCUT2D eigenvalue weighted by molar-refractivity contribution is 0.0992. The highest BCUT2D eigenvalue weighted by atomic mass is 16.1. The summed E-state index contributed by atoms with van der Waals surface area (Å²) in [6, 6.07) is 7.76. The molecule has 0 unspecified atom stereocenters. The Morgan fingerprint density at radius 1 is 1.12 bits per heavy atom. The number of Topliss-reactive ketones (excluding diaryl/α,β-unsaturated/α-hetero) is 1. The molecule has 0 spiro atoms. The summed E-state index contributed by atoms with van der Waals surface area (Å²) in [4.78, 5) is 12.1. The minimum absolute atomic E-state index is 0.0808. The van der Waals surface area contributed by atoms with Gasteiger partial charge in [-0.3, -0.25) is 4.79 Å². The largest absolute Gasteiger partial charge is 0.294 e. The predicted octanol–water partition coefficient (Wildman–Crippen LogP) is 2.52. The van der Waals surface area contributed by atoms with Crippen LogP contribution in [0.4, 0.5) is 0 Å². The van der Waals surface area contributed by atoms with Gasteiger partial charge >= 0.3 is 0 Å². The minimum atomic E-state index is 0.0808. The molecule has 0 fully saturated rings. The number of carbonyl (C=O) groups is 1. The van der Waals surface area contributed by atoms with Crippen LogP contribution in [0, 0.1) is 13.8 Å². The van der Waals surface area contributed by atoms with E-state index in [4.69, 9.17) is 0 Å². The molecule has 3 nitrogen and oxygen atoms in total. The van der Waals surface area contributed by atoms with E-state index in [0.29, 0.717) is 12.0 Å². The van der Waals surface area contributed by atoms with Crippen LogP contribution in [0.25, 0.3) is 0 Å². The van der Waals surface area contributed by atoms with E-state index < -0.39 is 0 Å². The van der Waals surface area contributed by atoms with Gasteiger partial charge in [0.15, 0.2) is 5.78 Å². The zero-order chi connectivity index (χ0) is 12.3. The monoisotopic (exact) mass is 226 g/mol. The summed E-state index contributed by atoms with van der Waals surface area (Å²) < 4.78 is 0. The zero-order valence-corrected chi connectivity index (χ0v) is 9.97. The van der Waals surface area contributed by atoms with Crippen molar-refractivity contribution in [3.05, 3.63) is 58.9 Å². The fraction of sp³-hybridized carbons (Fsp3) is 0.214. The van der Waals surface area contributed by atoms with Crippen LogP contribution in [0.2, 0.25) is 0 Å². The Bertz CT molecular complexity index is 515. The van der Waals surface area contributed by atoms with Crippen LogP contribution in [0.5, 0.6) is 0 Å². The maximum Gasteiger partial charge on any atom is 0.168 e. The summed E-state index contributed by atoms with van der Waals surface area (Å²) in [6.45, 7) is 4.06. The molecule has 0 bridgehead atoms. The van der Waals surface area contributed by atoms with Gasteiger partial charge in [0.1, 0.15) is 0 Å². The summed E-state index contributed by atoms with van der Waals surface area (Å²) >= 11 is 0. The van der Waals surface area contributed by atoms with Crippen LogP contribution in [0.15, 0.2) is 36.7 Å². The standard InChI is InChI=1S/C14H14N2O/c1-10-4-3-5-11(2)13(10)8-14(17)12-6-7-15-16-9-12/h3-7,9H,8H2,1-2H3. The van der Waals surface area contributed by atoms with Gasteiger partial charge in [0.2, 0.25) is 0 Å². The van der Waals surface area contributed by atoms with Gasteiger partial charge in [0.05, 0.1) is 12.4 Å². The second kappa shape index (κ2) is 4.87. The number of rotatable bonds is 3. The third-order valence-electron chi connectivity index (χ3n) is 2.89. The molecular weight excluding hydrogens is 212 g/mol. The molecule has 1 heterocycles. The van der Waals surface area contributed by atoms with Crippen LogP contribution in [0.3, 0.4) is 0 Å². The molecule has 86 valence electrons. The van der Waals surface area contributed by atoms with Gasteiger partial charge in [0, 0.05) is 12.0 Å². The highest BCUT2D eigenvalue weighted by Gasteiger charge is 2.10. The molecule has 0 amide bonds. The number of benzene rings is 1. The van der Waals surface area contributed by atoms with Crippen LogP contribution in [-0.4, -0.2) is 16.0 Å². The SMILES string of the molecule is Cc1cccc(C)c1CC(=O)c1ccnnc1. The first-order chi connectivity index (χ1) is 8.18. The van der Waals surface area contributed by atoms with Gasteiger partial charge in [0.25, 0.3) is 0 Å². The number of carbonyl (C=O) groups excluding carboxylic acids is 1. The second-order valence-electron chi connectivity index (χ2n) is 4.10. The Morgan fingerprint density at radius 3 is 2.41 bits per heavy atom. The van der Waals surface area contributed by atoms with E-state index in [1.54, 1.807) is 6.07 Å². The summed E-state index contributed by atoms with van der Waals surface area (Å²) in [7, 11) is 0. The van der Waals surface area contributed by atoms with E-state index >= 15 is 0 Å². The lowest BCUT2D eigenvalue weighted by Gasteiger charge is -2.08. The van der Waals surface area contributed by atoms with Crippen molar-refractivity contribution in [2.75, 3.05) is 0 Å². The molecule has 0 atom stereocenters. The summed E-state index contributed by atoms with van der Waals surface area (Å²) in [5.74, 6) is 0.0808. The fourth-order valence-corrected chi connectivity index (χ4v) is 1.85. The topological polar surface area (TPSA) is 42.9 Å². The summed E-state index contributed by atoms with van der Waals surface area (Å²) in [6.07, 6.45) is 3.47.